The monoisotopic (exact) mass is 373 g/mol. The minimum Gasteiger partial charge on any atom is -0.383 e. The first-order valence-corrected chi connectivity index (χ1v) is 8.31. The van der Waals surface area contributed by atoms with Crippen molar-refractivity contribution in [2.24, 2.45) is 0 Å². The van der Waals surface area contributed by atoms with Crippen LogP contribution in [0.3, 0.4) is 0 Å². The van der Waals surface area contributed by atoms with Gasteiger partial charge in [-0.25, -0.2) is 22.5 Å². The van der Waals surface area contributed by atoms with Crippen LogP contribution in [0.4, 0.5) is 10.2 Å². The van der Waals surface area contributed by atoms with Gasteiger partial charge in [0.15, 0.2) is 0 Å². The van der Waals surface area contributed by atoms with Gasteiger partial charge in [-0.15, -0.1) is 0 Å². The second kappa shape index (κ2) is 6.50. The van der Waals surface area contributed by atoms with Crippen molar-refractivity contribution in [3.8, 4) is 0 Å². The van der Waals surface area contributed by atoms with E-state index in [0.29, 0.717) is 10.9 Å². The fraction of sp³-hybridized carbons (Fsp3) is 0.154. The van der Waals surface area contributed by atoms with E-state index >= 15 is 0 Å². The van der Waals surface area contributed by atoms with Crippen molar-refractivity contribution in [2.45, 2.75) is 11.3 Å². The Kier molecular flexibility index (Phi) is 4.92. The molecule has 0 fully saturated rings. The summed E-state index contributed by atoms with van der Waals surface area (Å²) in [5.41, 5.74) is 6.42. The molecule has 0 atom stereocenters. The average molecular weight is 374 g/mol. The van der Waals surface area contributed by atoms with E-state index in [2.05, 4.69) is 25.6 Å². The molecule has 0 amide bonds. The van der Waals surface area contributed by atoms with Crippen LogP contribution in [0.1, 0.15) is 5.56 Å². The number of aromatic nitrogens is 1. The third-order valence-electron chi connectivity index (χ3n) is 2.76. The number of hydrogen-bond acceptors (Lipinski definition) is 4. The van der Waals surface area contributed by atoms with Crippen molar-refractivity contribution >= 4 is 31.8 Å². The van der Waals surface area contributed by atoms with Crippen molar-refractivity contribution < 1.29 is 12.8 Å². The molecule has 5 nitrogen and oxygen atoms in total. The molecule has 0 saturated carbocycles. The van der Waals surface area contributed by atoms with Gasteiger partial charge in [0, 0.05) is 17.2 Å². The molecule has 112 valence electrons. The number of benzene rings is 1. The quantitative estimate of drug-likeness (QED) is 0.839. The molecule has 0 spiro atoms. The highest BCUT2D eigenvalue weighted by Crippen LogP contribution is 2.20. The summed E-state index contributed by atoms with van der Waals surface area (Å²) in [5, 5.41) is 0. The molecular weight excluding hydrogens is 361 g/mol. The maximum atomic E-state index is 12.8. The summed E-state index contributed by atoms with van der Waals surface area (Å²) < 4.78 is 40.0. The number of nitrogens with zero attached hydrogens (tertiary/aromatic N) is 1. The first-order chi connectivity index (χ1) is 9.88. The predicted octanol–water partition coefficient (Wildman–Crippen LogP) is 2.09. The molecule has 21 heavy (non-hydrogen) atoms. The van der Waals surface area contributed by atoms with Crippen LogP contribution in [-0.2, 0) is 16.4 Å². The van der Waals surface area contributed by atoms with Crippen LogP contribution >= 0.6 is 15.9 Å². The molecule has 0 saturated heterocycles. The molecule has 1 aromatic heterocycles. The zero-order valence-corrected chi connectivity index (χ0v) is 13.3. The third kappa shape index (κ3) is 4.23. The lowest BCUT2D eigenvalue weighted by molar-refractivity contribution is 0.581. The number of nitrogens with one attached hydrogen (secondary N) is 1. The Morgan fingerprint density at radius 1 is 1.29 bits per heavy atom. The highest BCUT2D eigenvalue weighted by atomic mass is 79.9. The number of anilines is 1. The van der Waals surface area contributed by atoms with Crippen LogP contribution < -0.4 is 10.5 Å². The van der Waals surface area contributed by atoms with Crippen LogP contribution in [0.25, 0.3) is 0 Å². The molecule has 2 aromatic rings. The maximum absolute atomic E-state index is 12.8. The van der Waals surface area contributed by atoms with Gasteiger partial charge >= 0.3 is 0 Å². The van der Waals surface area contributed by atoms with Crippen LogP contribution in [0.5, 0.6) is 0 Å². The van der Waals surface area contributed by atoms with E-state index in [1.807, 2.05) is 0 Å². The van der Waals surface area contributed by atoms with Crippen LogP contribution in [0.2, 0.25) is 0 Å². The Morgan fingerprint density at radius 3 is 2.62 bits per heavy atom. The van der Waals surface area contributed by atoms with E-state index in [1.165, 1.54) is 24.4 Å². The molecule has 0 radical (unpaired) electrons. The average Bonchev–Trinajstić information content (AvgIpc) is 2.43. The minimum atomic E-state index is -3.73. The van der Waals surface area contributed by atoms with Crippen molar-refractivity contribution in [3.63, 3.8) is 0 Å². The zero-order valence-electron chi connectivity index (χ0n) is 10.9. The first-order valence-electron chi connectivity index (χ1n) is 6.03. The summed E-state index contributed by atoms with van der Waals surface area (Å²) in [6.45, 7) is 0.180. The molecule has 0 aliphatic heterocycles. The number of pyridine rings is 1. The Bertz CT molecular complexity index is 736. The zero-order chi connectivity index (χ0) is 15.5. The van der Waals surface area contributed by atoms with Gasteiger partial charge in [0.05, 0.1) is 0 Å². The van der Waals surface area contributed by atoms with Crippen molar-refractivity contribution in [2.75, 3.05) is 12.3 Å². The second-order valence-corrected chi connectivity index (χ2v) is 6.96. The molecule has 0 bridgehead atoms. The Morgan fingerprint density at radius 2 is 1.95 bits per heavy atom. The van der Waals surface area contributed by atoms with E-state index < -0.39 is 10.0 Å². The van der Waals surface area contributed by atoms with E-state index in [0.717, 1.165) is 5.56 Å². The van der Waals surface area contributed by atoms with Gasteiger partial charge in [0.2, 0.25) is 10.0 Å². The van der Waals surface area contributed by atoms with Gasteiger partial charge < -0.3 is 5.73 Å². The van der Waals surface area contributed by atoms with Gasteiger partial charge in [-0.2, -0.15) is 0 Å². The lowest BCUT2D eigenvalue weighted by atomic mass is 10.1. The molecular formula is C13H13BrFN3O2S. The number of sulfonamides is 1. The third-order valence-corrected chi connectivity index (χ3v) is 4.68. The summed E-state index contributed by atoms with van der Waals surface area (Å²) >= 11 is 3.15. The number of rotatable bonds is 5. The Labute approximate surface area is 130 Å². The summed E-state index contributed by atoms with van der Waals surface area (Å²) in [6.07, 6.45) is 1.87. The van der Waals surface area contributed by atoms with Crippen molar-refractivity contribution in [1.29, 1.82) is 0 Å². The number of nitrogens with two attached hydrogens (primary N) is 1. The maximum Gasteiger partial charge on any atom is 0.244 e. The van der Waals surface area contributed by atoms with Gasteiger partial charge in [0.1, 0.15) is 16.5 Å². The van der Waals surface area contributed by atoms with Gasteiger partial charge in [0.25, 0.3) is 0 Å². The molecule has 0 aliphatic carbocycles. The summed E-state index contributed by atoms with van der Waals surface area (Å²) in [5.74, 6) is -0.389. The van der Waals surface area contributed by atoms with Crippen molar-refractivity contribution in [1.82, 2.24) is 9.71 Å². The lowest BCUT2D eigenvalue weighted by Gasteiger charge is -2.09. The molecule has 8 heteroatoms. The largest absolute Gasteiger partial charge is 0.383 e. The highest BCUT2D eigenvalue weighted by molar-refractivity contribution is 9.10. The number of hydrogen-bond donors (Lipinski definition) is 2. The normalized spacial score (nSPS) is 11.5. The minimum absolute atomic E-state index is 0.0625. The summed E-state index contributed by atoms with van der Waals surface area (Å²) in [4.78, 5) is 3.72. The van der Waals surface area contributed by atoms with Crippen LogP contribution in [0, 0.1) is 5.82 Å². The van der Waals surface area contributed by atoms with E-state index in [1.54, 1.807) is 12.1 Å². The fourth-order valence-electron chi connectivity index (χ4n) is 1.71. The van der Waals surface area contributed by atoms with Gasteiger partial charge in [-0.3, -0.25) is 0 Å². The Hall–Kier alpha value is -1.51. The molecule has 1 aromatic carbocycles. The lowest BCUT2D eigenvalue weighted by Crippen LogP contribution is -2.27. The van der Waals surface area contributed by atoms with E-state index in [9.17, 15) is 12.8 Å². The first kappa shape index (κ1) is 15.9. The molecule has 2 rings (SSSR count). The van der Waals surface area contributed by atoms with E-state index in [4.69, 9.17) is 5.73 Å². The summed E-state index contributed by atoms with van der Waals surface area (Å²) in [7, 11) is -3.73. The Balaban J connectivity index is 2.04. The fourth-order valence-corrected chi connectivity index (χ4v) is 3.32. The van der Waals surface area contributed by atoms with Crippen LogP contribution in [-0.4, -0.2) is 19.9 Å². The number of halogens is 2. The summed E-state index contributed by atoms with van der Waals surface area (Å²) in [6, 6.07) is 7.28. The molecule has 1 heterocycles. The standard InChI is InChI=1S/C13H13BrFN3O2S/c14-10-7-12(13(16)17-8-10)21(19,20)18-6-5-9-1-3-11(15)4-2-9/h1-4,7-8,18H,5-6H2,(H2,16,17). The van der Waals surface area contributed by atoms with Gasteiger partial charge in [-0.1, -0.05) is 12.1 Å². The topological polar surface area (TPSA) is 85.1 Å². The smallest absolute Gasteiger partial charge is 0.244 e. The molecule has 3 N–H and O–H groups in total. The second-order valence-electron chi connectivity index (χ2n) is 4.31. The predicted molar refractivity (Wildman–Crippen MR) is 81.6 cm³/mol. The van der Waals surface area contributed by atoms with Crippen LogP contribution in [0.15, 0.2) is 45.9 Å². The molecule has 0 unspecified atom stereocenters. The SMILES string of the molecule is Nc1ncc(Br)cc1S(=O)(=O)NCCc1ccc(F)cc1. The van der Waals surface area contributed by atoms with Crippen molar-refractivity contribution in [3.05, 3.63) is 52.4 Å². The highest BCUT2D eigenvalue weighted by Gasteiger charge is 2.18. The number of nitrogen functional groups attached to an aromatic ring is 1. The van der Waals surface area contributed by atoms with E-state index in [-0.39, 0.29) is 23.1 Å². The molecule has 0 aliphatic rings. The van der Waals surface area contributed by atoms with Gasteiger partial charge in [-0.05, 0) is 46.1 Å².